The summed E-state index contributed by atoms with van der Waals surface area (Å²) in [5.41, 5.74) is 2.58. The monoisotopic (exact) mass is 275 g/mol. The van der Waals surface area contributed by atoms with Crippen molar-refractivity contribution < 1.29 is 0 Å². The summed E-state index contributed by atoms with van der Waals surface area (Å²) in [6, 6.07) is 8.16. The molecular weight excluding hydrogens is 258 g/mol. The maximum absolute atomic E-state index is 9.05. The average molecular weight is 276 g/mol. The fourth-order valence-electron chi connectivity index (χ4n) is 2.50. The lowest BCUT2D eigenvalue weighted by molar-refractivity contribution is 0.466. The molecule has 1 aromatic carbocycles. The van der Waals surface area contributed by atoms with Crippen molar-refractivity contribution in [2.24, 2.45) is 0 Å². The number of halogens is 1. The van der Waals surface area contributed by atoms with E-state index >= 15 is 0 Å². The Morgan fingerprint density at radius 3 is 2.58 bits per heavy atom. The van der Waals surface area contributed by atoms with Crippen LogP contribution >= 0.6 is 11.6 Å². The molecule has 0 N–H and O–H groups in total. The molecule has 0 aliphatic heterocycles. The van der Waals surface area contributed by atoms with Crippen molar-refractivity contribution in [1.29, 1.82) is 5.26 Å². The average Bonchev–Trinajstić information content (AvgIpc) is 2.79. The molecule has 1 unspecified atom stereocenters. The van der Waals surface area contributed by atoms with E-state index in [1.165, 1.54) is 0 Å². The van der Waals surface area contributed by atoms with E-state index in [0.29, 0.717) is 11.6 Å². The van der Waals surface area contributed by atoms with Crippen molar-refractivity contribution in [3.63, 3.8) is 0 Å². The number of nitriles is 1. The smallest absolute Gasteiger partial charge is 0.127 e. The maximum atomic E-state index is 9.05. The molecule has 19 heavy (non-hydrogen) atoms. The Morgan fingerprint density at radius 2 is 2.05 bits per heavy atom. The number of alkyl halides is 1. The first-order valence-electron chi connectivity index (χ1n) is 6.68. The van der Waals surface area contributed by atoms with E-state index in [1.54, 1.807) is 6.07 Å². The number of fused-ring (bicyclic) bond motifs is 1. The number of hydrogen-bond donors (Lipinski definition) is 0. The molecule has 1 aromatic heterocycles. The third-order valence-electron chi connectivity index (χ3n) is 3.51. The van der Waals surface area contributed by atoms with Crippen molar-refractivity contribution in [3.8, 4) is 6.07 Å². The van der Waals surface area contributed by atoms with Crippen molar-refractivity contribution in [1.82, 2.24) is 9.55 Å². The number of hydrogen-bond acceptors (Lipinski definition) is 2. The Balaban J connectivity index is 2.74. The summed E-state index contributed by atoms with van der Waals surface area (Å²) < 4.78 is 2.20. The first kappa shape index (κ1) is 13.9. The summed E-state index contributed by atoms with van der Waals surface area (Å²) in [5, 5.41) is 8.91. The van der Waals surface area contributed by atoms with Crippen LogP contribution in [-0.4, -0.2) is 9.55 Å². The molecule has 1 heterocycles. The first-order chi connectivity index (χ1) is 9.12. The van der Waals surface area contributed by atoms with Crippen LogP contribution in [0.3, 0.4) is 0 Å². The normalized spacial score (nSPS) is 12.8. The summed E-state index contributed by atoms with van der Waals surface area (Å²) in [5.74, 6) is 0.889. The number of imidazole rings is 1. The van der Waals surface area contributed by atoms with Gasteiger partial charge in [-0.1, -0.05) is 13.8 Å². The maximum Gasteiger partial charge on any atom is 0.127 e. The molecular formula is C15H18ClN3. The molecule has 1 atom stereocenters. The Bertz CT molecular complexity index is 618. The SMILES string of the molecule is CCC(CC)n1c(C(C)Cl)nc2ccc(C#N)cc21. The van der Waals surface area contributed by atoms with Crippen molar-refractivity contribution in [2.45, 2.75) is 45.0 Å². The molecule has 2 aromatic rings. The molecule has 4 heteroatoms. The van der Waals surface area contributed by atoms with Crippen LogP contribution < -0.4 is 0 Å². The van der Waals surface area contributed by atoms with Gasteiger partial charge in [0.05, 0.1) is 28.0 Å². The summed E-state index contributed by atoms with van der Waals surface area (Å²) in [7, 11) is 0. The fraction of sp³-hybridized carbons (Fsp3) is 0.467. The van der Waals surface area contributed by atoms with E-state index in [1.807, 2.05) is 19.1 Å². The van der Waals surface area contributed by atoms with Gasteiger partial charge in [0, 0.05) is 6.04 Å². The molecule has 0 saturated carbocycles. The van der Waals surface area contributed by atoms with Gasteiger partial charge in [0.15, 0.2) is 0 Å². The lowest BCUT2D eigenvalue weighted by Gasteiger charge is -2.19. The van der Waals surface area contributed by atoms with Gasteiger partial charge in [0.25, 0.3) is 0 Å². The largest absolute Gasteiger partial charge is 0.324 e. The topological polar surface area (TPSA) is 41.6 Å². The van der Waals surface area contributed by atoms with Crippen LogP contribution in [-0.2, 0) is 0 Å². The number of aromatic nitrogens is 2. The van der Waals surface area contributed by atoms with Gasteiger partial charge >= 0.3 is 0 Å². The summed E-state index contributed by atoms with van der Waals surface area (Å²) >= 11 is 6.26. The van der Waals surface area contributed by atoms with E-state index < -0.39 is 0 Å². The van der Waals surface area contributed by atoms with Crippen LogP contribution in [0.15, 0.2) is 18.2 Å². The van der Waals surface area contributed by atoms with Gasteiger partial charge in [-0.2, -0.15) is 5.26 Å². The molecule has 0 amide bonds. The number of benzene rings is 1. The second-order valence-corrected chi connectivity index (χ2v) is 5.40. The first-order valence-corrected chi connectivity index (χ1v) is 7.12. The molecule has 100 valence electrons. The molecule has 0 saturated heterocycles. The van der Waals surface area contributed by atoms with Gasteiger partial charge in [-0.3, -0.25) is 0 Å². The standard InChI is InChI=1S/C15H18ClN3/c1-4-12(5-2)19-14-8-11(9-17)6-7-13(14)18-15(19)10(3)16/h6-8,10,12H,4-5H2,1-3H3. The minimum absolute atomic E-state index is 0.140. The van der Waals surface area contributed by atoms with E-state index in [-0.39, 0.29) is 5.38 Å². The summed E-state index contributed by atoms with van der Waals surface area (Å²) in [6.07, 6.45) is 2.05. The Morgan fingerprint density at radius 1 is 1.37 bits per heavy atom. The van der Waals surface area contributed by atoms with Gasteiger partial charge in [-0.15, -0.1) is 11.6 Å². The quantitative estimate of drug-likeness (QED) is 0.767. The Hall–Kier alpha value is -1.53. The third-order valence-corrected chi connectivity index (χ3v) is 3.70. The zero-order chi connectivity index (χ0) is 14.0. The molecule has 0 aliphatic carbocycles. The molecule has 0 bridgehead atoms. The van der Waals surface area contributed by atoms with Crippen LogP contribution in [0.4, 0.5) is 0 Å². The van der Waals surface area contributed by atoms with E-state index in [2.05, 4.69) is 29.5 Å². The molecule has 0 fully saturated rings. The van der Waals surface area contributed by atoms with Crippen LogP contribution in [0.5, 0.6) is 0 Å². The van der Waals surface area contributed by atoms with Crippen molar-refractivity contribution in [2.75, 3.05) is 0 Å². The summed E-state index contributed by atoms with van der Waals surface area (Å²) in [6.45, 7) is 6.26. The van der Waals surface area contributed by atoms with Crippen LogP contribution in [0.25, 0.3) is 11.0 Å². The highest BCUT2D eigenvalue weighted by atomic mass is 35.5. The van der Waals surface area contributed by atoms with E-state index in [9.17, 15) is 0 Å². The third kappa shape index (κ3) is 2.46. The summed E-state index contributed by atoms with van der Waals surface area (Å²) in [4.78, 5) is 4.63. The minimum atomic E-state index is -0.140. The van der Waals surface area contributed by atoms with Gasteiger partial charge in [0.1, 0.15) is 5.82 Å². The van der Waals surface area contributed by atoms with Gasteiger partial charge in [-0.25, -0.2) is 4.98 Å². The molecule has 2 rings (SSSR count). The van der Waals surface area contributed by atoms with Gasteiger partial charge in [0.2, 0.25) is 0 Å². The highest BCUT2D eigenvalue weighted by Crippen LogP contribution is 2.31. The van der Waals surface area contributed by atoms with E-state index in [0.717, 1.165) is 29.7 Å². The number of rotatable bonds is 4. The Kier molecular flexibility index (Phi) is 4.11. The zero-order valence-electron chi connectivity index (χ0n) is 11.5. The molecule has 0 radical (unpaired) electrons. The Labute approximate surface area is 118 Å². The van der Waals surface area contributed by atoms with Crippen LogP contribution in [0, 0.1) is 11.3 Å². The number of nitrogens with zero attached hydrogens (tertiary/aromatic N) is 3. The second-order valence-electron chi connectivity index (χ2n) is 4.74. The molecule has 0 spiro atoms. The fourth-order valence-corrected chi connectivity index (χ4v) is 2.65. The highest BCUT2D eigenvalue weighted by molar-refractivity contribution is 6.20. The second kappa shape index (κ2) is 5.63. The molecule has 0 aliphatic rings. The van der Waals surface area contributed by atoms with Crippen molar-refractivity contribution in [3.05, 3.63) is 29.6 Å². The zero-order valence-corrected chi connectivity index (χ0v) is 12.3. The highest BCUT2D eigenvalue weighted by Gasteiger charge is 2.19. The van der Waals surface area contributed by atoms with Crippen molar-refractivity contribution >= 4 is 22.6 Å². The van der Waals surface area contributed by atoms with Crippen LogP contribution in [0.2, 0.25) is 0 Å². The van der Waals surface area contributed by atoms with Gasteiger partial charge < -0.3 is 4.57 Å². The molecule has 3 nitrogen and oxygen atoms in total. The minimum Gasteiger partial charge on any atom is -0.324 e. The van der Waals surface area contributed by atoms with Gasteiger partial charge in [-0.05, 0) is 38.0 Å². The lowest BCUT2D eigenvalue weighted by atomic mass is 10.1. The van der Waals surface area contributed by atoms with Crippen LogP contribution in [0.1, 0.15) is 56.4 Å². The van der Waals surface area contributed by atoms with E-state index in [4.69, 9.17) is 16.9 Å². The predicted molar refractivity (Wildman–Crippen MR) is 78.3 cm³/mol. The predicted octanol–water partition coefficient (Wildman–Crippen LogP) is 4.57. The lowest BCUT2D eigenvalue weighted by Crippen LogP contribution is -2.11.